The number of benzene rings is 7. The maximum absolute atomic E-state index is 4.01. The molecule has 0 radical (unpaired) electrons. The molecular weight excluding hydrogens is 655 g/mol. The van der Waals surface area contributed by atoms with E-state index in [1.165, 1.54) is 77.2 Å². The second-order valence-corrected chi connectivity index (χ2v) is 14.8. The Morgan fingerprint density at radius 2 is 1.13 bits per heavy atom. The monoisotopic (exact) mass is 693 g/mol. The summed E-state index contributed by atoms with van der Waals surface area (Å²) in [6.45, 7) is 0.655. The Kier molecular flexibility index (Phi) is 7.11. The van der Waals surface area contributed by atoms with E-state index in [1.54, 1.807) is 0 Å². The van der Waals surface area contributed by atoms with Gasteiger partial charge in [-0.1, -0.05) is 182 Å². The van der Waals surface area contributed by atoms with Crippen molar-refractivity contribution in [3.8, 4) is 11.1 Å². The molecule has 7 aromatic carbocycles. The molecule has 0 saturated heterocycles. The van der Waals surface area contributed by atoms with Gasteiger partial charge in [0, 0.05) is 16.5 Å². The first-order valence-corrected chi connectivity index (χ1v) is 19.1. The molecule has 54 heavy (non-hydrogen) atoms. The highest BCUT2D eigenvalue weighted by molar-refractivity contribution is 5.91. The normalized spacial score (nSPS) is 18.0. The molecule has 1 aliphatic heterocycles. The fourth-order valence-electron chi connectivity index (χ4n) is 9.97. The molecule has 0 bridgehead atoms. The Hall–Kier alpha value is -6.42. The molecule has 2 atom stereocenters. The summed E-state index contributed by atoms with van der Waals surface area (Å²) in [5.41, 5.74) is 13.9. The first-order chi connectivity index (χ1) is 26.8. The number of rotatable bonds is 5. The molecule has 3 aliphatic rings. The summed E-state index contributed by atoms with van der Waals surface area (Å²) in [7, 11) is 0. The van der Waals surface area contributed by atoms with Crippen LogP contribution < -0.4 is 20.9 Å². The standard InChI is InChI=1S/C51H39N3/c1-4-16-35(17-5-1)36-28-30-37(31-29-36)49-44-24-12-14-26-46(44)53(34-52-49)54-47-27-15-11-23-41(47)43-33-32-42-40-22-10-13-25-45(40)51(48(42)50(43)54,38-18-6-2-7-19-38)39-20-8-3-9-21-39/h1-31,33,42,49,52H,32,34H2. The molecule has 2 unspecified atom stereocenters. The minimum atomic E-state index is -0.468. The van der Waals surface area contributed by atoms with E-state index in [0.29, 0.717) is 6.67 Å². The smallest absolute Gasteiger partial charge is 0.0902 e. The molecule has 0 saturated carbocycles. The number of aromatic nitrogens is 1. The third-order valence-electron chi connectivity index (χ3n) is 12.2. The van der Waals surface area contributed by atoms with Crippen molar-refractivity contribution in [3.63, 3.8) is 0 Å². The minimum absolute atomic E-state index is 0.0651. The Balaban J connectivity index is 1.18. The second-order valence-electron chi connectivity index (χ2n) is 14.8. The Bertz CT molecular complexity index is 2760. The van der Waals surface area contributed by atoms with Crippen molar-refractivity contribution < 1.29 is 0 Å². The SMILES string of the molecule is C1=c2c(n(N3CNC(c4ccc(-c5ccccc5)cc4)c4ccccc43)c3ccccc23)=C2C(C1)c1ccccc1C2(c1ccccc1)c1ccccc1. The predicted octanol–water partition coefficient (Wildman–Crippen LogP) is 9.69. The highest BCUT2D eigenvalue weighted by atomic mass is 15.6. The van der Waals surface area contributed by atoms with Crippen LogP contribution in [0.4, 0.5) is 5.69 Å². The summed E-state index contributed by atoms with van der Waals surface area (Å²) in [6, 6.07) is 69.5. The summed E-state index contributed by atoms with van der Waals surface area (Å²) in [6.07, 6.45) is 3.48. The molecule has 8 aromatic rings. The zero-order valence-electron chi connectivity index (χ0n) is 29.9. The van der Waals surface area contributed by atoms with Crippen LogP contribution in [0.2, 0.25) is 0 Å². The van der Waals surface area contributed by atoms with Crippen molar-refractivity contribution in [2.24, 2.45) is 0 Å². The molecule has 0 spiro atoms. The highest BCUT2D eigenvalue weighted by Gasteiger charge is 2.52. The molecule has 1 N–H and O–H groups in total. The van der Waals surface area contributed by atoms with Crippen LogP contribution in [0.1, 0.15) is 51.8 Å². The molecule has 258 valence electrons. The van der Waals surface area contributed by atoms with Gasteiger partial charge >= 0.3 is 0 Å². The van der Waals surface area contributed by atoms with Gasteiger partial charge in [0.1, 0.15) is 0 Å². The maximum atomic E-state index is 4.01. The van der Waals surface area contributed by atoms with E-state index < -0.39 is 5.41 Å². The van der Waals surface area contributed by atoms with Gasteiger partial charge in [-0.2, -0.15) is 0 Å². The van der Waals surface area contributed by atoms with E-state index in [9.17, 15) is 0 Å². The predicted molar refractivity (Wildman–Crippen MR) is 222 cm³/mol. The summed E-state index contributed by atoms with van der Waals surface area (Å²) >= 11 is 0. The zero-order valence-corrected chi connectivity index (χ0v) is 29.9. The van der Waals surface area contributed by atoms with Crippen LogP contribution in [0.5, 0.6) is 0 Å². The van der Waals surface area contributed by atoms with Gasteiger partial charge in [0.05, 0.1) is 34.7 Å². The quantitative estimate of drug-likeness (QED) is 0.194. The summed E-state index contributed by atoms with van der Waals surface area (Å²) in [4.78, 5) is 0. The van der Waals surface area contributed by atoms with Gasteiger partial charge < -0.3 is 0 Å². The van der Waals surface area contributed by atoms with Crippen LogP contribution >= 0.6 is 0 Å². The zero-order chi connectivity index (χ0) is 35.6. The van der Waals surface area contributed by atoms with Gasteiger partial charge in [0.25, 0.3) is 0 Å². The number of para-hydroxylation sites is 2. The number of hydrogen-bond donors (Lipinski definition) is 1. The number of nitrogens with one attached hydrogen (secondary N) is 1. The van der Waals surface area contributed by atoms with Crippen molar-refractivity contribution in [3.05, 3.63) is 232 Å². The van der Waals surface area contributed by atoms with E-state index in [-0.39, 0.29) is 12.0 Å². The van der Waals surface area contributed by atoms with Gasteiger partial charge in [0.2, 0.25) is 0 Å². The van der Waals surface area contributed by atoms with Gasteiger partial charge in [-0.05, 0) is 68.6 Å². The van der Waals surface area contributed by atoms with Crippen molar-refractivity contribution in [2.75, 3.05) is 11.7 Å². The number of anilines is 1. The molecule has 3 nitrogen and oxygen atoms in total. The Morgan fingerprint density at radius 1 is 0.537 bits per heavy atom. The van der Waals surface area contributed by atoms with Crippen molar-refractivity contribution >= 4 is 28.2 Å². The molecule has 1 aromatic heterocycles. The first kappa shape index (κ1) is 31.1. The molecule has 11 rings (SSSR count). The lowest BCUT2D eigenvalue weighted by molar-refractivity contribution is 0.519. The van der Waals surface area contributed by atoms with Gasteiger partial charge in [-0.15, -0.1) is 0 Å². The van der Waals surface area contributed by atoms with Crippen LogP contribution in [-0.4, -0.2) is 11.3 Å². The largest absolute Gasteiger partial charge is 0.287 e. The van der Waals surface area contributed by atoms with Gasteiger partial charge in [0.15, 0.2) is 0 Å². The Labute approximate surface area is 315 Å². The van der Waals surface area contributed by atoms with Crippen LogP contribution in [0.25, 0.3) is 33.7 Å². The van der Waals surface area contributed by atoms with E-state index in [0.717, 1.165) is 6.42 Å². The number of nitrogens with zero attached hydrogens (tertiary/aromatic N) is 2. The molecule has 3 heteroatoms. The summed E-state index contributed by atoms with van der Waals surface area (Å²) in [5, 5.41) is 10.4. The lowest BCUT2D eigenvalue weighted by Gasteiger charge is -2.40. The molecule has 0 fully saturated rings. The summed E-state index contributed by atoms with van der Waals surface area (Å²) in [5.74, 6) is 0.237. The van der Waals surface area contributed by atoms with Crippen molar-refractivity contribution in [1.29, 1.82) is 0 Å². The van der Waals surface area contributed by atoms with Gasteiger partial charge in [-0.3, -0.25) is 15.0 Å². The minimum Gasteiger partial charge on any atom is -0.287 e. The lowest BCUT2D eigenvalue weighted by atomic mass is 9.66. The number of fused-ring (bicyclic) bond motifs is 7. The van der Waals surface area contributed by atoms with Crippen LogP contribution in [0.3, 0.4) is 0 Å². The summed E-state index contributed by atoms with van der Waals surface area (Å²) < 4.78 is 2.57. The first-order valence-electron chi connectivity index (χ1n) is 19.1. The fourth-order valence-corrected chi connectivity index (χ4v) is 9.97. The molecular formula is C51H39N3. The van der Waals surface area contributed by atoms with Crippen LogP contribution in [-0.2, 0) is 5.41 Å². The van der Waals surface area contributed by atoms with E-state index in [4.69, 9.17) is 0 Å². The van der Waals surface area contributed by atoms with Crippen LogP contribution in [0, 0.1) is 0 Å². The molecule has 2 aliphatic carbocycles. The Morgan fingerprint density at radius 3 is 1.87 bits per heavy atom. The third-order valence-corrected chi connectivity index (χ3v) is 12.2. The highest BCUT2D eigenvalue weighted by Crippen LogP contribution is 2.59. The number of hydrogen-bond acceptors (Lipinski definition) is 2. The van der Waals surface area contributed by atoms with Gasteiger partial charge in [-0.25, -0.2) is 0 Å². The van der Waals surface area contributed by atoms with E-state index in [2.05, 4.69) is 209 Å². The average molecular weight is 694 g/mol. The molecule has 2 heterocycles. The lowest BCUT2D eigenvalue weighted by Crippen LogP contribution is -2.52. The van der Waals surface area contributed by atoms with Crippen molar-refractivity contribution in [1.82, 2.24) is 9.99 Å². The maximum Gasteiger partial charge on any atom is 0.0902 e. The van der Waals surface area contributed by atoms with Crippen molar-refractivity contribution in [2.45, 2.75) is 23.8 Å². The fraction of sp³-hybridized carbons (Fsp3) is 0.0980. The molecule has 0 amide bonds. The third kappa shape index (κ3) is 4.46. The average Bonchev–Trinajstić information content (AvgIpc) is 3.75. The van der Waals surface area contributed by atoms with E-state index in [1.807, 2.05) is 0 Å². The topological polar surface area (TPSA) is 20.2 Å². The van der Waals surface area contributed by atoms with E-state index >= 15 is 0 Å². The van der Waals surface area contributed by atoms with Crippen LogP contribution in [0.15, 0.2) is 188 Å². The second kappa shape index (κ2) is 12.3.